The molecular formula is C15H41N5O2S. The predicted octanol–water partition coefficient (Wildman–Crippen LogP) is 0.547. The summed E-state index contributed by atoms with van der Waals surface area (Å²) in [5.41, 5.74) is 25.5. The molecule has 8 heteroatoms. The normalized spacial score (nSPS) is 8.65. The first kappa shape index (κ1) is 30.5. The Labute approximate surface area is 147 Å². The molecule has 0 atom stereocenters. The van der Waals surface area contributed by atoms with Crippen LogP contribution in [0.1, 0.15) is 45.4 Å². The number of carboxylic acid groups (broad SMARTS) is 1. The van der Waals surface area contributed by atoms with Gasteiger partial charge in [-0.25, -0.2) is 0 Å². The summed E-state index contributed by atoms with van der Waals surface area (Å²) >= 11 is 1.78. The molecule has 0 aliphatic carbocycles. The quantitative estimate of drug-likeness (QED) is 0.309. The lowest BCUT2D eigenvalue weighted by Gasteiger charge is -1.87. The molecule has 0 aromatic heterocycles. The van der Waals surface area contributed by atoms with E-state index in [0.29, 0.717) is 0 Å². The molecule has 0 unspecified atom stereocenters. The Morgan fingerprint density at radius 1 is 0.826 bits per heavy atom. The van der Waals surface area contributed by atoms with E-state index in [9.17, 15) is 4.79 Å². The van der Waals surface area contributed by atoms with Gasteiger partial charge in [0.2, 0.25) is 0 Å². The molecule has 0 aliphatic heterocycles. The Balaban J connectivity index is -0.000000105. The van der Waals surface area contributed by atoms with Gasteiger partial charge >= 0.3 is 5.97 Å². The zero-order valence-corrected chi connectivity index (χ0v) is 16.0. The second-order valence-electron chi connectivity index (χ2n) is 4.49. The highest BCUT2D eigenvalue weighted by molar-refractivity contribution is 7.98. The topological polar surface area (TPSA) is 167 Å². The van der Waals surface area contributed by atoms with Crippen molar-refractivity contribution in [3.05, 3.63) is 0 Å². The molecule has 0 spiro atoms. The monoisotopic (exact) mass is 355 g/mol. The van der Waals surface area contributed by atoms with Crippen molar-refractivity contribution in [2.45, 2.75) is 45.4 Å². The second-order valence-corrected chi connectivity index (χ2v) is 5.48. The van der Waals surface area contributed by atoms with Crippen LogP contribution in [0.2, 0.25) is 0 Å². The maximum atomic E-state index is 9.52. The van der Waals surface area contributed by atoms with Crippen LogP contribution in [0.25, 0.3) is 0 Å². The number of unbranched alkanes of at least 4 members (excludes halogenated alkanes) is 3. The lowest BCUT2D eigenvalue weighted by molar-refractivity contribution is -0.136. The highest BCUT2D eigenvalue weighted by atomic mass is 32.2. The summed E-state index contributed by atoms with van der Waals surface area (Å²) in [5.74, 6) is 0.248. The number of carboxylic acids is 1. The van der Waals surface area contributed by atoms with Crippen LogP contribution in [0.4, 0.5) is 0 Å². The van der Waals surface area contributed by atoms with E-state index in [-0.39, 0.29) is 13.0 Å². The van der Waals surface area contributed by atoms with Crippen LogP contribution in [-0.4, -0.2) is 55.8 Å². The van der Waals surface area contributed by atoms with Crippen molar-refractivity contribution in [1.29, 1.82) is 0 Å². The number of hydrogen-bond acceptors (Lipinski definition) is 7. The third kappa shape index (κ3) is 73.8. The molecule has 0 rings (SSSR count). The van der Waals surface area contributed by atoms with E-state index in [0.717, 1.165) is 44.8 Å². The molecule has 0 fully saturated rings. The van der Waals surface area contributed by atoms with E-state index in [1.54, 1.807) is 11.8 Å². The van der Waals surface area contributed by atoms with Crippen LogP contribution in [0.3, 0.4) is 0 Å². The van der Waals surface area contributed by atoms with E-state index < -0.39 is 5.97 Å². The average molecular weight is 356 g/mol. The van der Waals surface area contributed by atoms with E-state index >= 15 is 0 Å². The third-order valence-corrected chi connectivity index (χ3v) is 2.79. The molecular weight excluding hydrogens is 314 g/mol. The maximum Gasteiger partial charge on any atom is 0.304 e. The first-order valence-electron chi connectivity index (χ1n) is 8.23. The molecule has 0 radical (unpaired) electrons. The first-order chi connectivity index (χ1) is 11.0. The summed E-state index contributed by atoms with van der Waals surface area (Å²) in [5, 5.41) is 7.83. The minimum absolute atomic E-state index is 0.0694. The van der Waals surface area contributed by atoms with Crippen molar-refractivity contribution in [1.82, 2.24) is 0 Å². The summed E-state index contributed by atoms with van der Waals surface area (Å²) in [6.45, 7) is 5.62. The van der Waals surface area contributed by atoms with Gasteiger partial charge in [0.1, 0.15) is 0 Å². The molecule has 0 aromatic carbocycles. The Kier molecular flexibility index (Phi) is 50.0. The van der Waals surface area contributed by atoms with Crippen LogP contribution in [-0.2, 0) is 4.79 Å². The molecule has 0 heterocycles. The summed E-state index contributed by atoms with van der Waals surface area (Å²) in [6, 6.07) is 0. The van der Waals surface area contributed by atoms with Crippen molar-refractivity contribution < 1.29 is 9.90 Å². The Morgan fingerprint density at radius 3 is 1.35 bits per heavy atom. The smallest absolute Gasteiger partial charge is 0.304 e. The van der Waals surface area contributed by atoms with Gasteiger partial charge in [-0.2, -0.15) is 11.8 Å². The number of hydrogen-bond donors (Lipinski definition) is 6. The van der Waals surface area contributed by atoms with Gasteiger partial charge in [0.25, 0.3) is 0 Å². The molecule has 23 heavy (non-hydrogen) atoms. The van der Waals surface area contributed by atoms with Crippen LogP contribution in [0.15, 0.2) is 0 Å². The lowest BCUT2D eigenvalue weighted by atomic mass is 10.3. The van der Waals surface area contributed by atoms with Crippen LogP contribution in [0.5, 0.6) is 0 Å². The molecule has 0 saturated heterocycles. The largest absolute Gasteiger partial charge is 0.481 e. The Morgan fingerprint density at radius 2 is 1.26 bits per heavy atom. The molecule has 0 saturated carbocycles. The summed E-state index contributed by atoms with van der Waals surface area (Å²) in [4.78, 5) is 9.52. The summed E-state index contributed by atoms with van der Waals surface area (Å²) in [6.07, 6.45) is 8.00. The first-order valence-corrected chi connectivity index (χ1v) is 9.62. The number of thioether (sulfide) groups is 1. The molecule has 0 amide bonds. The highest BCUT2D eigenvalue weighted by Gasteiger charge is 1.87. The van der Waals surface area contributed by atoms with Crippen molar-refractivity contribution in [3.63, 3.8) is 0 Å². The number of nitrogens with two attached hydrogens (primary N) is 5. The van der Waals surface area contributed by atoms with E-state index in [4.69, 9.17) is 33.8 Å². The Hall–Kier alpha value is -0.380. The van der Waals surface area contributed by atoms with Crippen molar-refractivity contribution in [2.24, 2.45) is 28.7 Å². The fourth-order valence-electron chi connectivity index (χ4n) is 0.924. The zero-order chi connectivity index (χ0) is 18.8. The lowest BCUT2D eigenvalue weighted by Crippen LogP contribution is -2.05. The van der Waals surface area contributed by atoms with Gasteiger partial charge in [-0.3, -0.25) is 4.79 Å². The minimum atomic E-state index is -0.836. The van der Waals surface area contributed by atoms with Crippen molar-refractivity contribution >= 4 is 17.7 Å². The molecule has 144 valence electrons. The number of rotatable bonds is 10. The SMILES string of the molecule is CCCCCN.CSCCN.NCCC(=O)O.NCCCCN. The fourth-order valence-corrected chi connectivity index (χ4v) is 1.16. The van der Waals surface area contributed by atoms with Gasteiger partial charge < -0.3 is 33.8 Å². The summed E-state index contributed by atoms with van der Waals surface area (Å²) in [7, 11) is 0. The van der Waals surface area contributed by atoms with Gasteiger partial charge in [0, 0.05) is 18.8 Å². The van der Waals surface area contributed by atoms with E-state index in [1.807, 2.05) is 6.26 Å². The summed E-state index contributed by atoms with van der Waals surface area (Å²) < 4.78 is 0. The van der Waals surface area contributed by atoms with Gasteiger partial charge in [-0.1, -0.05) is 19.8 Å². The number of aliphatic carboxylic acids is 1. The predicted molar refractivity (Wildman–Crippen MR) is 105 cm³/mol. The van der Waals surface area contributed by atoms with Crippen molar-refractivity contribution in [3.8, 4) is 0 Å². The molecule has 0 bridgehead atoms. The van der Waals surface area contributed by atoms with Crippen LogP contribution >= 0.6 is 11.8 Å². The van der Waals surface area contributed by atoms with E-state index in [1.165, 1.54) is 19.3 Å². The van der Waals surface area contributed by atoms with Crippen LogP contribution in [0, 0.1) is 0 Å². The minimum Gasteiger partial charge on any atom is -0.481 e. The van der Waals surface area contributed by atoms with Gasteiger partial charge in [-0.15, -0.1) is 0 Å². The standard InChI is InChI=1S/C5H13N.C4H12N2.C3H7NO2.C3H9NS/c1-2-3-4-5-6;5-3-1-2-4-6;4-2-1-3(5)6;1-5-3-2-4/h2-6H2,1H3;1-6H2;1-2,4H2,(H,5,6);2-4H2,1H3. The Bertz CT molecular complexity index is 171. The fraction of sp³-hybridized carbons (Fsp3) is 0.933. The molecule has 11 N–H and O–H groups in total. The molecule has 0 aromatic rings. The average Bonchev–Trinajstić information content (AvgIpc) is 2.53. The molecule has 0 aliphatic rings. The molecule has 7 nitrogen and oxygen atoms in total. The highest BCUT2D eigenvalue weighted by Crippen LogP contribution is 1.88. The van der Waals surface area contributed by atoms with Gasteiger partial charge in [0.15, 0.2) is 0 Å². The number of carbonyl (C=O) groups is 1. The van der Waals surface area contributed by atoms with Crippen LogP contribution < -0.4 is 28.7 Å². The second kappa shape index (κ2) is 37.7. The third-order valence-electron chi connectivity index (χ3n) is 2.15. The maximum absolute atomic E-state index is 9.52. The van der Waals surface area contributed by atoms with E-state index in [2.05, 4.69) is 6.92 Å². The van der Waals surface area contributed by atoms with Gasteiger partial charge in [0.05, 0.1) is 6.42 Å². The van der Waals surface area contributed by atoms with Gasteiger partial charge in [-0.05, 0) is 45.2 Å². The van der Waals surface area contributed by atoms with Crippen molar-refractivity contribution in [2.75, 3.05) is 44.7 Å². The zero-order valence-electron chi connectivity index (χ0n) is 15.1.